The van der Waals surface area contributed by atoms with Gasteiger partial charge in [-0.05, 0) is 49.7 Å². The van der Waals surface area contributed by atoms with E-state index in [0.29, 0.717) is 5.56 Å². The molecule has 0 heterocycles. The highest BCUT2D eigenvalue weighted by Gasteiger charge is 2.30. The minimum Gasteiger partial charge on any atom is -0.348 e. The van der Waals surface area contributed by atoms with Crippen LogP contribution in [0.2, 0.25) is 0 Å². The molecule has 2 aromatic carbocycles. The van der Waals surface area contributed by atoms with E-state index < -0.39 is 43.7 Å². The molecule has 1 N–H and O–H groups in total. The molecule has 2 atom stereocenters. The maximum absolute atomic E-state index is 13.6. The summed E-state index contributed by atoms with van der Waals surface area (Å²) in [4.78, 5) is 12.8. The number of sulfonamides is 1. The predicted molar refractivity (Wildman–Crippen MR) is 109 cm³/mol. The molecule has 2 aromatic rings. The van der Waals surface area contributed by atoms with Crippen LogP contribution in [0.3, 0.4) is 0 Å². The molecule has 1 amide bonds. The first-order chi connectivity index (χ1) is 13.3. The van der Waals surface area contributed by atoms with E-state index in [-0.39, 0.29) is 10.6 Å². The zero-order chi connectivity index (χ0) is 22.0. The monoisotopic (exact) mass is 442 g/mol. The van der Waals surface area contributed by atoms with Crippen LogP contribution in [0.25, 0.3) is 0 Å². The Labute approximate surface area is 170 Å². The van der Waals surface area contributed by atoms with Gasteiger partial charge in [-0.15, -0.1) is 0 Å². The minimum atomic E-state index is -3.86. The topological polar surface area (TPSA) is 101 Å². The highest BCUT2D eigenvalue weighted by molar-refractivity contribution is 7.92. The van der Waals surface area contributed by atoms with E-state index in [1.54, 1.807) is 19.1 Å². The number of anilines is 1. The van der Waals surface area contributed by atoms with Crippen molar-refractivity contribution >= 4 is 31.5 Å². The first-order valence-corrected chi connectivity index (χ1v) is 12.4. The van der Waals surface area contributed by atoms with Gasteiger partial charge < -0.3 is 5.32 Å². The standard InChI is InChI=1S/C19H23FN2O5S2/c1-13(15-8-10-18(11-9-15)28(3,24)25)21-19(23)14(2)22(29(4,26)27)17-7-5-6-16(20)12-17/h5-14H,1-4H3,(H,21,23)/t13-,14-/m0/s1. The third kappa shape index (κ3) is 5.77. The predicted octanol–water partition coefficient (Wildman–Crippen LogP) is 2.26. The Morgan fingerprint density at radius 3 is 2.07 bits per heavy atom. The molecule has 0 radical (unpaired) electrons. The summed E-state index contributed by atoms with van der Waals surface area (Å²) in [6.07, 6.45) is 2.04. The van der Waals surface area contributed by atoms with Crippen LogP contribution in [0, 0.1) is 5.82 Å². The molecule has 0 aliphatic carbocycles. The Balaban J connectivity index is 2.23. The van der Waals surface area contributed by atoms with E-state index in [2.05, 4.69) is 5.32 Å². The summed E-state index contributed by atoms with van der Waals surface area (Å²) in [7, 11) is -7.20. The lowest BCUT2D eigenvalue weighted by molar-refractivity contribution is -0.122. The van der Waals surface area contributed by atoms with Crippen LogP contribution in [0.15, 0.2) is 53.4 Å². The van der Waals surface area contributed by atoms with Gasteiger partial charge in [-0.25, -0.2) is 21.2 Å². The molecule has 2 rings (SSSR count). The Morgan fingerprint density at radius 1 is 1.00 bits per heavy atom. The highest BCUT2D eigenvalue weighted by atomic mass is 32.2. The van der Waals surface area contributed by atoms with Gasteiger partial charge in [0, 0.05) is 6.26 Å². The van der Waals surface area contributed by atoms with Crippen molar-refractivity contribution in [2.24, 2.45) is 0 Å². The van der Waals surface area contributed by atoms with E-state index >= 15 is 0 Å². The number of benzene rings is 2. The average molecular weight is 443 g/mol. The summed E-state index contributed by atoms with van der Waals surface area (Å²) in [6, 6.07) is 9.37. The van der Waals surface area contributed by atoms with Crippen LogP contribution < -0.4 is 9.62 Å². The number of amides is 1. The number of carbonyl (C=O) groups is 1. The molecule has 0 fully saturated rings. The van der Waals surface area contributed by atoms with E-state index in [1.807, 2.05) is 0 Å². The summed E-state index contributed by atoms with van der Waals surface area (Å²) in [5, 5.41) is 2.70. The van der Waals surface area contributed by atoms with Gasteiger partial charge in [0.1, 0.15) is 11.9 Å². The van der Waals surface area contributed by atoms with E-state index in [4.69, 9.17) is 0 Å². The number of hydrogen-bond donors (Lipinski definition) is 1. The zero-order valence-corrected chi connectivity index (χ0v) is 18.1. The smallest absolute Gasteiger partial charge is 0.244 e. The summed E-state index contributed by atoms with van der Waals surface area (Å²) >= 11 is 0. The van der Waals surface area contributed by atoms with Crippen LogP contribution in [0.4, 0.5) is 10.1 Å². The number of rotatable bonds is 7. The van der Waals surface area contributed by atoms with Gasteiger partial charge in [0.15, 0.2) is 9.84 Å². The molecule has 10 heteroatoms. The van der Waals surface area contributed by atoms with Crippen LogP contribution >= 0.6 is 0 Å². The second-order valence-electron chi connectivity index (χ2n) is 6.79. The first-order valence-electron chi connectivity index (χ1n) is 8.66. The lowest BCUT2D eigenvalue weighted by Crippen LogP contribution is -2.48. The van der Waals surface area contributed by atoms with Crippen LogP contribution in [0.1, 0.15) is 25.5 Å². The lowest BCUT2D eigenvalue weighted by atomic mass is 10.1. The van der Waals surface area contributed by atoms with Crippen molar-refractivity contribution in [3.63, 3.8) is 0 Å². The Kier molecular flexibility index (Phi) is 6.69. The summed E-state index contributed by atoms with van der Waals surface area (Å²) < 4.78 is 62.0. The van der Waals surface area contributed by atoms with Gasteiger partial charge in [0.05, 0.1) is 22.9 Å². The third-order valence-corrected chi connectivity index (χ3v) is 6.69. The van der Waals surface area contributed by atoms with Crippen molar-refractivity contribution < 1.29 is 26.0 Å². The fraction of sp³-hybridized carbons (Fsp3) is 0.316. The Bertz CT molecular complexity index is 1100. The van der Waals surface area contributed by atoms with Crippen molar-refractivity contribution in [3.05, 3.63) is 59.9 Å². The molecule has 0 unspecified atom stereocenters. The molecule has 0 spiro atoms. The maximum Gasteiger partial charge on any atom is 0.244 e. The van der Waals surface area contributed by atoms with Crippen molar-refractivity contribution in [1.29, 1.82) is 0 Å². The normalized spacial score (nSPS) is 14.1. The average Bonchev–Trinajstić information content (AvgIpc) is 2.60. The van der Waals surface area contributed by atoms with Crippen molar-refractivity contribution in [1.82, 2.24) is 5.32 Å². The molecule has 0 bridgehead atoms. The maximum atomic E-state index is 13.6. The molecular formula is C19H23FN2O5S2. The van der Waals surface area contributed by atoms with Crippen molar-refractivity contribution in [2.45, 2.75) is 30.8 Å². The third-order valence-electron chi connectivity index (χ3n) is 4.32. The largest absolute Gasteiger partial charge is 0.348 e. The molecular weight excluding hydrogens is 419 g/mol. The number of carbonyl (C=O) groups excluding carboxylic acids is 1. The summed E-state index contributed by atoms with van der Waals surface area (Å²) in [5.74, 6) is -1.21. The number of halogens is 1. The van der Waals surface area contributed by atoms with E-state index in [0.717, 1.165) is 22.9 Å². The molecule has 0 saturated carbocycles. The van der Waals surface area contributed by atoms with Gasteiger partial charge in [-0.1, -0.05) is 18.2 Å². The van der Waals surface area contributed by atoms with Crippen LogP contribution in [-0.2, 0) is 24.7 Å². The lowest BCUT2D eigenvalue weighted by Gasteiger charge is -2.29. The molecule has 0 aliphatic heterocycles. The number of nitrogens with zero attached hydrogens (tertiary/aromatic N) is 1. The molecule has 0 aromatic heterocycles. The number of sulfone groups is 1. The second kappa shape index (κ2) is 8.50. The summed E-state index contributed by atoms with van der Waals surface area (Å²) in [5.41, 5.74) is 0.690. The highest BCUT2D eigenvalue weighted by Crippen LogP contribution is 2.23. The van der Waals surface area contributed by atoms with Gasteiger partial charge in [0.25, 0.3) is 0 Å². The van der Waals surface area contributed by atoms with Gasteiger partial charge in [-0.3, -0.25) is 9.10 Å². The molecule has 0 saturated heterocycles. The van der Waals surface area contributed by atoms with Crippen molar-refractivity contribution in [2.75, 3.05) is 16.8 Å². The quantitative estimate of drug-likeness (QED) is 0.709. The van der Waals surface area contributed by atoms with Crippen molar-refractivity contribution in [3.8, 4) is 0 Å². The summed E-state index contributed by atoms with van der Waals surface area (Å²) in [6.45, 7) is 3.09. The van der Waals surface area contributed by atoms with E-state index in [1.165, 1.54) is 37.3 Å². The second-order valence-corrected chi connectivity index (χ2v) is 10.7. The van der Waals surface area contributed by atoms with Gasteiger partial charge in [0.2, 0.25) is 15.9 Å². The number of hydrogen-bond acceptors (Lipinski definition) is 5. The van der Waals surface area contributed by atoms with Gasteiger partial charge >= 0.3 is 0 Å². The fourth-order valence-corrected chi connectivity index (χ4v) is 4.64. The Hall–Kier alpha value is -2.46. The number of nitrogens with one attached hydrogen (secondary N) is 1. The SMILES string of the molecule is C[C@H](NC(=O)[C@H](C)N(c1cccc(F)c1)S(C)(=O)=O)c1ccc(S(C)(=O)=O)cc1. The molecule has 0 aliphatic rings. The fourth-order valence-electron chi connectivity index (χ4n) is 2.84. The minimum absolute atomic E-state index is 0.0420. The van der Waals surface area contributed by atoms with Gasteiger partial charge in [-0.2, -0.15) is 0 Å². The zero-order valence-electron chi connectivity index (χ0n) is 16.5. The molecule has 29 heavy (non-hydrogen) atoms. The van der Waals surface area contributed by atoms with Crippen LogP contribution in [0.5, 0.6) is 0 Å². The van der Waals surface area contributed by atoms with E-state index in [9.17, 15) is 26.0 Å². The van der Waals surface area contributed by atoms with Crippen LogP contribution in [-0.4, -0.2) is 41.3 Å². The molecule has 158 valence electrons. The Morgan fingerprint density at radius 2 is 1.59 bits per heavy atom. The molecule has 7 nitrogen and oxygen atoms in total. The first kappa shape index (κ1) is 22.8.